The Morgan fingerprint density at radius 2 is 1.70 bits per heavy atom. The molecule has 2 N–H and O–H groups in total. The van der Waals surface area contributed by atoms with Gasteiger partial charge < -0.3 is 10.6 Å². The molecule has 1 aromatic carbocycles. The van der Waals surface area contributed by atoms with E-state index in [1.54, 1.807) is 13.2 Å². The molecule has 4 nitrogen and oxygen atoms in total. The number of hydrogen-bond donors (Lipinski definition) is 2. The minimum atomic E-state index is 0.692. The molecule has 0 aliphatic heterocycles. The monoisotopic (exact) mass is 350 g/mol. The summed E-state index contributed by atoms with van der Waals surface area (Å²) >= 11 is 12.3. The van der Waals surface area contributed by atoms with E-state index in [9.17, 15) is 0 Å². The zero-order valence-electron chi connectivity index (χ0n) is 13.0. The van der Waals surface area contributed by atoms with Gasteiger partial charge in [0.1, 0.15) is 0 Å². The van der Waals surface area contributed by atoms with Crippen molar-refractivity contribution < 1.29 is 0 Å². The molecule has 1 aromatic heterocycles. The molecule has 6 heteroatoms. The lowest BCUT2D eigenvalue weighted by atomic mass is 10.1. The summed E-state index contributed by atoms with van der Waals surface area (Å²) in [5.74, 6) is 0.754. The summed E-state index contributed by atoms with van der Waals surface area (Å²) in [6, 6.07) is 11.5. The average molecular weight is 351 g/mol. The van der Waals surface area contributed by atoms with Crippen molar-refractivity contribution in [3.63, 3.8) is 0 Å². The van der Waals surface area contributed by atoms with E-state index < -0.39 is 0 Å². The Kier molecular flexibility index (Phi) is 7.17. The lowest BCUT2D eigenvalue weighted by molar-refractivity contribution is 0.776. The number of aliphatic imine (C=N–C) groups is 1. The van der Waals surface area contributed by atoms with Crippen LogP contribution >= 0.6 is 23.2 Å². The second-order valence-electron chi connectivity index (χ2n) is 4.95. The van der Waals surface area contributed by atoms with Crippen LogP contribution in [0.15, 0.2) is 47.6 Å². The molecule has 2 aromatic rings. The standard InChI is InChI=1S/C17H20Cl2N4/c1-20-17(22-11-8-13-5-2-3-10-21-13)23-12-9-14-15(18)6-4-7-16(14)19/h2-7,10H,8-9,11-12H2,1H3,(H2,20,22,23). The van der Waals surface area contributed by atoms with Gasteiger partial charge in [-0.3, -0.25) is 9.98 Å². The largest absolute Gasteiger partial charge is 0.356 e. The molecule has 0 spiro atoms. The summed E-state index contributed by atoms with van der Waals surface area (Å²) in [7, 11) is 1.75. The third kappa shape index (κ3) is 5.73. The summed E-state index contributed by atoms with van der Waals surface area (Å²) in [5, 5.41) is 7.91. The molecule has 2 rings (SSSR count). The van der Waals surface area contributed by atoms with Crippen molar-refractivity contribution >= 4 is 29.2 Å². The molecule has 0 fully saturated rings. The predicted molar refractivity (Wildman–Crippen MR) is 97.5 cm³/mol. The van der Waals surface area contributed by atoms with E-state index in [4.69, 9.17) is 23.2 Å². The van der Waals surface area contributed by atoms with Gasteiger partial charge in [0.05, 0.1) is 0 Å². The first-order chi connectivity index (χ1) is 11.2. The molecule has 0 atom stereocenters. The van der Waals surface area contributed by atoms with Crippen molar-refractivity contribution in [1.29, 1.82) is 0 Å². The zero-order valence-corrected chi connectivity index (χ0v) is 14.5. The predicted octanol–water partition coefficient (Wildman–Crippen LogP) is 3.34. The molecule has 0 radical (unpaired) electrons. The fraction of sp³-hybridized carbons (Fsp3) is 0.294. The van der Waals surface area contributed by atoms with Crippen LogP contribution in [0.25, 0.3) is 0 Å². The number of guanidine groups is 1. The number of hydrogen-bond acceptors (Lipinski definition) is 2. The summed E-state index contributed by atoms with van der Waals surface area (Å²) in [6.07, 6.45) is 3.38. The number of benzene rings is 1. The van der Waals surface area contributed by atoms with Gasteiger partial charge in [-0.25, -0.2) is 0 Å². The van der Waals surface area contributed by atoms with Crippen LogP contribution in [0.2, 0.25) is 10.0 Å². The highest BCUT2D eigenvalue weighted by molar-refractivity contribution is 6.35. The van der Waals surface area contributed by atoms with Crippen LogP contribution in [0.4, 0.5) is 0 Å². The molecule has 0 saturated carbocycles. The molecule has 122 valence electrons. The van der Waals surface area contributed by atoms with Crippen molar-refractivity contribution in [2.75, 3.05) is 20.1 Å². The zero-order chi connectivity index (χ0) is 16.5. The van der Waals surface area contributed by atoms with Crippen LogP contribution in [0.3, 0.4) is 0 Å². The molecule has 0 aliphatic rings. The molecular formula is C17H20Cl2N4. The highest BCUT2D eigenvalue weighted by Crippen LogP contribution is 2.24. The van der Waals surface area contributed by atoms with Crippen LogP contribution in [-0.2, 0) is 12.8 Å². The lowest BCUT2D eigenvalue weighted by Crippen LogP contribution is -2.39. The minimum Gasteiger partial charge on any atom is -0.356 e. The van der Waals surface area contributed by atoms with Gasteiger partial charge in [0.15, 0.2) is 5.96 Å². The van der Waals surface area contributed by atoms with E-state index in [1.165, 1.54) is 0 Å². The molecule has 0 aliphatic carbocycles. The minimum absolute atomic E-state index is 0.692. The van der Waals surface area contributed by atoms with Gasteiger partial charge in [-0.15, -0.1) is 0 Å². The first-order valence-electron chi connectivity index (χ1n) is 7.48. The molecule has 23 heavy (non-hydrogen) atoms. The average Bonchev–Trinajstić information content (AvgIpc) is 2.57. The normalized spacial score (nSPS) is 11.3. The molecule has 0 amide bonds. The van der Waals surface area contributed by atoms with E-state index >= 15 is 0 Å². The Balaban J connectivity index is 1.75. The number of nitrogens with zero attached hydrogens (tertiary/aromatic N) is 2. The molecule has 1 heterocycles. The lowest BCUT2D eigenvalue weighted by Gasteiger charge is -2.12. The summed E-state index contributed by atoms with van der Waals surface area (Å²) in [6.45, 7) is 1.47. The second-order valence-corrected chi connectivity index (χ2v) is 5.76. The van der Waals surface area contributed by atoms with Crippen LogP contribution in [0.1, 0.15) is 11.3 Å². The first-order valence-corrected chi connectivity index (χ1v) is 8.23. The van der Waals surface area contributed by atoms with Crippen molar-refractivity contribution in [2.45, 2.75) is 12.8 Å². The Morgan fingerprint density at radius 3 is 2.30 bits per heavy atom. The fourth-order valence-electron chi connectivity index (χ4n) is 2.15. The van der Waals surface area contributed by atoms with Gasteiger partial charge >= 0.3 is 0 Å². The van der Waals surface area contributed by atoms with Crippen molar-refractivity contribution in [3.8, 4) is 0 Å². The van der Waals surface area contributed by atoms with Crippen molar-refractivity contribution in [3.05, 3.63) is 63.9 Å². The second kappa shape index (κ2) is 9.38. The maximum atomic E-state index is 6.17. The maximum absolute atomic E-state index is 6.17. The Bertz CT molecular complexity index is 624. The SMILES string of the molecule is CN=C(NCCc1ccccn1)NCCc1c(Cl)cccc1Cl. The number of halogens is 2. The Labute approximate surface area is 146 Å². The summed E-state index contributed by atoms with van der Waals surface area (Å²) in [4.78, 5) is 8.50. The van der Waals surface area contributed by atoms with Crippen LogP contribution in [0, 0.1) is 0 Å². The Morgan fingerprint density at radius 1 is 1.00 bits per heavy atom. The fourth-order valence-corrected chi connectivity index (χ4v) is 2.74. The smallest absolute Gasteiger partial charge is 0.190 e. The summed E-state index contributed by atoms with van der Waals surface area (Å²) in [5.41, 5.74) is 2.01. The van der Waals surface area contributed by atoms with Crippen LogP contribution < -0.4 is 10.6 Å². The van der Waals surface area contributed by atoms with Crippen LogP contribution in [-0.4, -0.2) is 31.1 Å². The third-order valence-corrected chi connectivity index (χ3v) is 4.06. The van der Waals surface area contributed by atoms with E-state index in [1.807, 2.05) is 36.4 Å². The number of pyridine rings is 1. The van der Waals surface area contributed by atoms with Gasteiger partial charge in [0, 0.05) is 48.5 Å². The highest BCUT2D eigenvalue weighted by Gasteiger charge is 2.05. The summed E-state index contributed by atoms with van der Waals surface area (Å²) < 4.78 is 0. The van der Waals surface area contributed by atoms with Gasteiger partial charge in [0.2, 0.25) is 0 Å². The van der Waals surface area contributed by atoms with Gasteiger partial charge in [-0.05, 0) is 36.2 Å². The van der Waals surface area contributed by atoms with Crippen molar-refractivity contribution in [1.82, 2.24) is 15.6 Å². The first kappa shape index (κ1) is 17.6. The van der Waals surface area contributed by atoms with E-state index in [-0.39, 0.29) is 0 Å². The van der Waals surface area contributed by atoms with Gasteiger partial charge in [-0.1, -0.05) is 35.3 Å². The molecule has 0 unspecified atom stereocenters. The highest BCUT2D eigenvalue weighted by atomic mass is 35.5. The van der Waals surface area contributed by atoms with E-state index in [2.05, 4.69) is 20.6 Å². The maximum Gasteiger partial charge on any atom is 0.190 e. The van der Waals surface area contributed by atoms with E-state index in [0.717, 1.165) is 36.6 Å². The van der Waals surface area contributed by atoms with Gasteiger partial charge in [-0.2, -0.15) is 0 Å². The topological polar surface area (TPSA) is 49.3 Å². The van der Waals surface area contributed by atoms with Gasteiger partial charge in [0.25, 0.3) is 0 Å². The third-order valence-electron chi connectivity index (χ3n) is 3.35. The quantitative estimate of drug-likeness (QED) is 0.620. The van der Waals surface area contributed by atoms with Crippen LogP contribution in [0.5, 0.6) is 0 Å². The Hall–Kier alpha value is -1.78. The number of aromatic nitrogens is 1. The molecule has 0 bridgehead atoms. The van der Waals surface area contributed by atoms with E-state index in [0.29, 0.717) is 16.6 Å². The van der Waals surface area contributed by atoms with Crippen molar-refractivity contribution in [2.24, 2.45) is 4.99 Å². The molecule has 0 saturated heterocycles. The number of rotatable bonds is 6. The molecular weight excluding hydrogens is 331 g/mol. The number of nitrogens with one attached hydrogen (secondary N) is 2.